The highest BCUT2D eigenvalue weighted by Gasteiger charge is 2.37. The molecule has 1 aliphatic rings. The number of nitrogens with two attached hydrogens (primary N) is 1. The predicted octanol–water partition coefficient (Wildman–Crippen LogP) is 3.65. The number of benzene rings is 2. The normalized spacial score (nSPS) is 19.9. The van der Waals surface area contributed by atoms with Gasteiger partial charge in [0.15, 0.2) is 0 Å². The van der Waals surface area contributed by atoms with E-state index >= 15 is 0 Å². The van der Waals surface area contributed by atoms with Crippen molar-refractivity contribution in [1.82, 2.24) is 4.90 Å². The van der Waals surface area contributed by atoms with Gasteiger partial charge < -0.3 is 15.4 Å². The molecule has 0 spiro atoms. The van der Waals surface area contributed by atoms with Gasteiger partial charge in [-0.15, -0.1) is 0 Å². The summed E-state index contributed by atoms with van der Waals surface area (Å²) in [6.07, 6.45) is 0.760. The standard InChI is InChI=1S/C20H23FN2O2/c1-3-14-11-23(20(24)19-13(2)6-4-9-17(19)21)12-18(14)25-16-8-5-7-15(22)10-16/h4-10,14,18H,3,11-12,22H2,1-2H3. The van der Waals surface area contributed by atoms with Gasteiger partial charge in [0.2, 0.25) is 0 Å². The lowest BCUT2D eigenvalue weighted by Crippen LogP contribution is -2.32. The number of nitrogen functional groups attached to an aromatic ring is 1. The summed E-state index contributed by atoms with van der Waals surface area (Å²) in [6, 6.07) is 12.0. The Morgan fingerprint density at radius 2 is 2.04 bits per heavy atom. The summed E-state index contributed by atoms with van der Waals surface area (Å²) < 4.78 is 20.2. The number of halogens is 1. The molecule has 2 atom stereocenters. The third kappa shape index (κ3) is 3.60. The molecule has 0 bridgehead atoms. The van der Waals surface area contributed by atoms with Crippen LogP contribution in [-0.2, 0) is 0 Å². The topological polar surface area (TPSA) is 55.6 Å². The molecule has 0 aromatic heterocycles. The monoisotopic (exact) mass is 342 g/mol. The second kappa shape index (κ2) is 7.13. The summed E-state index contributed by atoms with van der Waals surface area (Å²) in [5.41, 5.74) is 7.24. The van der Waals surface area contributed by atoms with Crippen LogP contribution in [0.1, 0.15) is 29.3 Å². The van der Waals surface area contributed by atoms with E-state index in [1.165, 1.54) is 6.07 Å². The van der Waals surface area contributed by atoms with Crippen LogP contribution in [0.4, 0.5) is 10.1 Å². The number of hydrogen-bond acceptors (Lipinski definition) is 3. The minimum Gasteiger partial charge on any atom is -0.488 e. The lowest BCUT2D eigenvalue weighted by molar-refractivity contribution is 0.0767. The zero-order chi connectivity index (χ0) is 18.0. The van der Waals surface area contributed by atoms with Crippen molar-refractivity contribution in [2.45, 2.75) is 26.4 Å². The fraction of sp³-hybridized carbons (Fsp3) is 0.350. The van der Waals surface area contributed by atoms with Gasteiger partial charge in [0.25, 0.3) is 5.91 Å². The fourth-order valence-corrected chi connectivity index (χ4v) is 3.36. The third-order valence-electron chi connectivity index (χ3n) is 4.77. The maximum absolute atomic E-state index is 14.1. The Hall–Kier alpha value is -2.56. The van der Waals surface area contributed by atoms with Gasteiger partial charge in [-0.05, 0) is 37.1 Å². The summed E-state index contributed by atoms with van der Waals surface area (Å²) in [5, 5.41) is 0. The van der Waals surface area contributed by atoms with Crippen molar-refractivity contribution in [3.63, 3.8) is 0 Å². The molecule has 2 N–H and O–H groups in total. The highest BCUT2D eigenvalue weighted by Crippen LogP contribution is 2.28. The SMILES string of the molecule is CCC1CN(C(=O)c2c(C)cccc2F)CC1Oc1cccc(N)c1. The Balaban J connectivity index is 1.78. The zero-order valence-corrected chi connectivity index (χ0v) is 14.5. The molecule has 0 radical (unpaired) electrons. The van der Waals surface area contributed by atoms with Crippen LogP contribution in [-0.4, -0.2) is 30.0 Å². The summed E-state index contributed by atoms with van der Waals surface area (Å²) >= 11 is 0. The number of ether oxygens (including phenoxy) is 1. The predicted molar refractivity (Wildman–Crippen MR) is 96.1 cm³/mol. The summed E-state index contributed by atoms with van der Waals surface area (Å²) in [7, 11) is 0. The first kappa shape index (κ1) is 17.3. The average Bonchev–Trinajstić information content (AvgIpc) is 2.97. The minimum atomic E-state index is -0.474. The molecule has 1 saturated heterocycles. The van der Waals surface area contributed by atoms with Gasteiger partial charge in [-0.3, -0.25) is 4.79 Å². The van der Waals surface area contributed by atoms with Gasteiger partial charge in [0.05, 0.1) is 12.1 Å². The number of nitrogens with zero attached hydrogens (tertiary/aromatic N) is 1. The molecular formula is C20H23FN2O2. The molecule has 2 aromatic rings. The van der Waals surface area contributed by atoms with E-state index in [9.17, 15) is 9.18 Å². The highest BCUT2D eigenvalue weighted by atomic mass is 19.1. The van der Waals surface area contributed by atoms with Gasteiger partial charge in [0, 0.05) is 24.2 Å². The largest absolute Gasteiger partial charge is 0.488 e. The van der Waals surface area contributed by atoms with Crippen LogP contribution >= 0.6 is 0 Å². The van der Waals surface area contributed by atoms with Gasteiger partial charge >= 0.3 is 0 Å². The van der Waals surface area contributed by atoms with Crippen LogP contribution < -0.4 is 10.5 Å². The van der Waals surface area contributed by atoms with E-state index in [4.69, 9.17) is 10.5 Å². The summed E-state index contributed by atoms with van der Waals surface area (Å²) in [4.78, 5) is 14.5. The van der Waals surface area contributed by atoms with Gasteiger partial charge in [-0.25, -0.2) is 4.39 Å². The first-order chi connectivity index (χ1) is 12.0. The number of carbonyl (C=O) groups excluding carboxylic acids is 1. The third-order valence-corrected chi connectivity index (χ3v) is 4.77. The van der Waals surface area contributed by atoms with Gasteiger partial charge in [-0.2, -0.15) is 0 Å². The Morgan fingerprint density at radius 1 is 1.28 bits per heavy atom. The smallest absolute Gasteiger partial charge is 0.257 e. The molecule has 1 amide bonds. The molecule has 1 heterocycles. The molecule has 1 fully saturated rings. The lowest BCUT2D eigenvalue weighted by atomic mass is 10.0. The second-order valence-electron chi connectivity index (χ2n) is 6.54. The van der Waals surface area contributed by atoms with Crippen LogP contribution in [0.25, 0.3) is 0 Å². The van der Waals surface area contributed by atoms with Crippen molar-refractivity contribution in [2.75, 3.05) is 18.8 Å². The van der Waals surface area contributed by atoms with Crippen LogP contribution in [0.15, 0.2) is 42.5 Å². The number of aryl methyl sites for hydroxylation is 1. The number of anilines is 1. The van der Waals surface area contributed by atoms with E-state index in [1.54, 1.807) is 36.1 Å². The van der Waals surface area contributed by atoms with Crippen LogP contribution in [0, 0.1) is 18.7 Å². The Labute approximate surface area is 147 Å². The van der Waals surface area contributed by atoms with Crippen LogP contribution in [0.2, 0.25) is 0 Å². The molecule has 0 saturated carbocycles. The van der Waals surface area contributed by atoms with Crippen LogP contribution in [0.5, 0.6) is 5.75 Å². The Morgan fingerprint density at radius 3 is 2.72 bits per heavy atom. The minimum absolute atomic E-state index is 0.122. The number of carbonyl (C=O) groups is 1. The van der Waals surface area contributed by atoms with Crippen molar-refractivity contribution in [2.24, 2.45) is 5.92 Å². The molecule has 3 rings (SSSR count). The molecule has 25 heavy (non-hydrogen) atoms. The van der Waals surface area contributed by atoms with E-state index < -0.39 is 5.82 Å². The van der Waals surface area contributed by atoms with Crippen molar-refractivity contribution in [3.05, 3.63) is 59.4 Å². The number of rotatable bonds is 4. The quantitative estimate of drug-likeness (QED) is 0.863. The van der Waals surface area contributed by atoms with E-state index in [0.717, 1.165) is 6.42 Å². The summed E-state index contributed by atoms with van der Waals surface area (Å²) in [5.74, 6) is 0.156. The fourth-order valence-electron chi connectivity index (χ4n) is 3.36. The van der Waals surface area contributed by atoms with E-state index in [2.05, 4.69) is 6.92 Å². The van der Waals surface area contributed by atoms with Crippen molar-refractivity contribution < 1.29 is 13.9 Å². The van der Waals surface area contributed by atoms with Crippen molar-refractivity contribution >= 4 is 11.6 Å². The first-order valence-electron chi connectivity index (χ1n) is 8.56. The number of amides is 1. The number of hydrogen-bond donors (Lipinski definition) is 1. The van der Waals surface area contributed by atoms with E-state index in [1.807, 2.05) is 12.1 Å². The molecule has 0 aliphatic carbocycles. The lowest BCUT2D eigenvalue weighted by Gasteiger charge is -2.19. The molecule has 2 aromatic carbocycles. The molecule has 1 aliphatic heterocycles. The Kier molecular flexibility index (Phi) is 4.93. The molecule has 5 heteroatoms. The number of likely N-dealkylation sites (tertiary alicyclic amines) is 1. The highest BCUT2D eigenvalue weighted by molar-refractivity contribution is 5.96. The zero-order valence-electron chi connectivity index (χ0n) is 14.5. The van der Waals surface area contributed by atoms with Crippen molar-refractivity contribution in [3.8, 4) is 5.75 Å². The van der Waals surface area contributed by atoms with Crippen LogP contribution in [0.3, 0.4) is 0 Å². The second-order valence-corrected chi connectivity index (χ2v) is 6.54. The van der Waals surface area contributed by atoms with Crippen molar-refractivity contribution in [1.29, 1.82) is 0 Å². The average molecular weight is 342 g/mol. The van der Waals surface area contributed by atoms with E-state index in [0.29, 0.717) is 30.1 Å². The molecule has 4 nitrogen and oxygen atoms in total. The maximum atomic E-state index is 14.1. The summed E-state index contributed by atoms with van der Waals surface area (Å²) in [6.45, 7) is 4.84. The van der Waals surface area contributed by atoms with Gasteiger partial charge in [-0.1, -0.05) is 25.1 Å². The van der Waals surface area contributed by atoms with Gasteiger partial charge in [0.1, 0.15) is 17.7 Å². The maximum Gasteiger partial charge on any atom is 0.257 e. The Bertz CT molecular complexity index is 758. The van der Waals surface area contributed by atoms with E-state index in [-0.39, 0.29) is 23.5 Å². The molecular weight excluding hydrogens is 319 g/mol. The molecule has 2 unspecified atom stereocenters. The molecule has 132 valence electrons. The first-order valence-corrected chi connectivity index (χ1v) is 8.56.